The van der Waals surface area contributed by atoms with Crippen LogP contribution in [0.5, 0.6) is 6.01 Å². The Morgan fingerprint density at radius 3 is 2.38 bits per heavy atom. The summed E-state index contributed by atoms with van der Waals surface area (Å²) in [5.41, 5.74) is 3.42. The maximum Gasteiger partial charge on any atom is 0.410 e. The van der Waals surface area contributed by atoms with Crippen LogP contribution < -0.4 is 15.2 Å². The number of aryl methyl sites for hydroxylation is 1. The van der Waals surface area contributed by atoms with E-state index < -0.39 is 12.1 Å². The van der Waals surface area contributed by atoms with Crippen molar-refractivity contribution < 1.29 is 14.3 Å². The van der Waals surface area contributed by atoms with Crippen LogP contribution in [-0.2, 0) is 11.3 Å². The van der Waals surface area contributed by atoms with Crippen LogP contribution in [0, 0.1) is 18.3 Å². The Hall–Kier alpha value is -6.32. The van der Waals surface area contributed by atoms with Crippen molar-refractivity contribution in [2.75, 3.05) is 44.7 Å². The van der Waals surface area contributed by atoms with Gasteiger partial charge in [-0.3, -0.25) is 9.36 Å². The number of anilines is 1. The average molecular weight is 735 g/mol. The first-order chi connectivity index (χ1) is 26.9. The molecular weight excluding hydrogens is 693 g/mol. The maximum absolute atomic E-state index is 15.1. The van der Waals surface area contributed by atoms with Gasteiger partial charge in [0.2, 0.25) is 0 Å². The zero-order valence-corrected chi connectivity index (χ0v) is 31.0. The van der Waals surface area contributed by atoms with E-state index in [2.05, 4.69) is 18.0 Å². The number of likely N-dealkylation sites (N-methyl/N-ethyl adjacent to an activating group) is 1. The molecular formula is C43H42N8O4. The van der Waals surface area contributed by atoms with Crippen molar-refractivity contribution in [1.82, 2.24) is 29.3 Å². The molecule has 8 rings (SSSR count). The molecule has 1 amide bonds. The predicted octanol–water partition coefficient (Wildman–Crippen LogP) is 6.52. The molecule has 0 bridgehead atoms. The lowest BCUT2D eigenvalue weighted by Crippen LogP contribution is -2.55. The normalized spacial score (nSPS) is 17.4. The lowest BCUT2D eigenvalue weighted by atomic mass is 10.0. The number of hydrogen-bond donors (Lipinski definition) is 0. The van der Waals surface area contributed by atoms with E-state index in [1.54, 1.807) is 9.47 Å². The molecule has 2 aromatic heterocycles. The number of ether oxygens (including phenoxy) is 2. The van der Waals surface area contributed by atoms with E-state index in [9.17, 15) is 10.1 Å². The monoisotopic (exact) mass is 734 g/mol. The Balaban J connectivity index is 1.25. The van der Waals surface area contributed by atoms with Gasteiger partial charge in [0.25, 0.3) is 5.56 Å². The number of rotatable bonds is 9. The molecule has 0 aliphatic carbocycles. The van der Waals surface area contributed by atoms with Crippen molar-refractivity contribution in [2.24, 2.45) is 0 Å². The molecule has 278 valence electrons. The van der Waals surface area contributed by atoms with Gasteiger partial charge in [-0.1, -0.05) is 91.0 Å². The van der Waals surface area contributed by atoms with Crippen LogP contribution in [0.4, 0.5) is 10.6 Å². The van der Waals surface area contributed by atoms with Gasteiger partial charge in [-0.25, -0.2) is 9.78 Å². The van der Waals surface area contributed by atoms with Crippen molar-refractivity contribution in [3.63, 3.8) is 0 Å². The fourth-order valence-electron chi connectivity index (χ4n) is 7.75. The quantitative estimate of drug-likeness (QED) is 0.162. The Kier molecular flexibility index (Phi) is 10.1. The zero-order chi connectivity index (χ0) is 37.9. The molecule has 0 spiro atoms. The van der Waals surface area contributed by atoms with Gasteiger partial charge in [0.05, 0.1) is 24.2 Å². The highest BCUT2D eigenvalue weighted by atomic mass is 16.6. The third kappa shape index (κ3) is 7.18. The third-order valence-electron chi connectivity index (χ3n) is 10.7. The first kappa shape index (κ1) is 35.7. The number of nitrogens with zero attached hydrogens (tertiary/aromatic N) is 8. The van der Waals surface area contributed by atoms with Gasteiger partial charge in [-0.05, 0) is 55.9 Å². The summed E-state index contributed by atoms with van der Waals surface area (Å²) in [5, 5.41) is 11.8. The van der Waals surface area contributed by atoms with Gasteiger partial charge in [-0.15, -0.1) is 0 Å². The number of nitriles is 1. The number of likely N-dealkylation sites (tertiary alicyclic amines) is 1. The van der Waals surface area contributed by atoms with E-state index in [-0.39, 0.29) is 49.2 Å². The van der Waals surface area contributed by atoms with Crippen LogP contribution in [0.25, 0.3) is 38.9 Å². The molecule has 2 saturated heterocycles. The van der Waals surface area contributed by atoms with Gasteiger partial charge in [0.1, 0.15) is 24.6 Å². The second kappa shape index (κ2) is 15.6. The third-order valence-corrected chi connectivity index (χ3v) is 10.7. The largest absolute Gasteiger partial charge is 0.462 e. The maximum atomic E-state index is 15.1. The van der Waals surface area contributed by atoms with E-state index in [4.69, 9.17) is 24.4 Å². The number of piperazine rings is 1. The first-order valence-electron chi connectivity index (χ1n) is 18.7. The van der Waals surface area contributed by atoms with Crippen molar-refractivity contribution >= 4 is 33.7 Å². The molecule has 2 atom stereocenters. The van der Waals surface area contributed by atoms with Crippen LogP contribution in [0.1, 0.15) is 30.4 Å². The molecule has 0 unspecified atom stereocenters. The Morgan fingerprint density at radius 1 is 0.873 bits per heavy atom. The van der Waals surface area contributed by atoms with Gasteiger partial charge in [0.15, 0.2) is 11.3 Å². The molecule has 2 aliphatic rings. The highest BCUT2D eigenvalue weighted by Crippen LogP contribution is 2.33. The average Bonchev–Trinajstić information content (AvgIpc) is 3.63. The minimum absolute atomic E-state index is 0.0766. The Morgan fingerprint density at radius 2 is 1.64 bits per heavy atom. The Labute approximate surface area is 319 Å². The molecule has 0 saturated carbocycles. The summed E-state index contributed by atoms with van der Waals surface area (Å²) < 4.78 is 13.7. The molecule has 6 aromatic rings. The second-order valence-electron chi connectivity index (χ2n) is 14.2. The van der Waals surface area contributed by atoms with E-state index in [1.807, 2.05) is 109 Å². The topological polar surface area (TPSA) is 130 Å². The van der Waals surface area contributed by atoms with Crippen LogP contribution in [0.3, 0.4) is 0 Å². The SMILES string of the molecule is Cc1cccc2cccc(-n3c(-c4ccccc4)nc4c(N5CCN(C(=O)OCc6ccccc6)[C@@H](CC#N)C5)nc(OC[C@@H]5CCCN5C)nc4c3=O)c12. The van der Waals surface area contributed by atoms with Gasteiger partial charge in [0, 0.05) is 36.6 Å². The minimum Gasteiger partial charge on any atom is -0.462 e. The van der Waals surface area contributed by atoms with Crippen LogP contribution >= 0.6 is 0 Å². The van der Waals surface area contributed by atoms with E-state index >= 15 is 4.79 Å². The standard InChI is InChI=1S/C43H42N8O4/c1-29-12-9-17-31-18-10-20-35(36(29)31)51-39(32-15-7-4-8-16-32)45-37-38(41(51)52)46-42(54-28-34-19-11-23-48(34)2)47-40(37)49-24-25-50(33(26-49)21-22-44)43(53)55-27-30-13-5-3-6-14-30/h3-10,12-18,20,33-34H,11,19,21,23-28H2,1-2H3/t33-,34-/m0/s1. The van der Waals surface area contributed by atoms with Gasteiger partial charge in [-0.2, -0.15) is 15.2 Å². The Bertz CT molecular complexity index is 2440. The lowest BCUT2D eigenvalue weighted by Gasteiger charge is -2.40. The summed E-state index contributed by atoms with van der Waals surface area (Å²) in [6.07, 6.45) is 1.66. The smallest absolute Gasteiger partial charge is 0.410 e. The van der Waals surface area contributed by atoms with E-state index in [0.29, 0.717) is 36.0 Å². The molecule has 12 nitrogen and oxygen atoms in total. The summed E-state index contributed by atoms with van der Waals surface area (Å²) in [7, 11) is 2.08. The van der Waals surface area contributed by atoms with Gasteiger partial charge >= 0.3 is 12.1 Å². The second-order valence-corrected chi connectivity index (χ2v) is 14.2. The molecule has 4 aromatic carbocycles. The fourth-order valence-corrected chi connectivity index (χ4v) is 7.75. The summed E-state index contributed by atoms with van der Waals surface area (Å²) in [6, 6.07) is 33.1. The van der Waals surface area contributed by atoms with Crippen LogP contribution in [0.15, 0.2) is 102 Å². The minimum atomic E-state index is -0.504. The lowest BCUT2D eigenvalue weighted by molar-refractivity contribution is 0.0768. The molecule has 0 radical (unpaired) electrons. The van der Waals surface area contributed by atoms with E-state index in [0.717, 1.165) is 46.8 Å². The summed E-state index contributed by atoms with van der Waals surface area (Å²) in [6.45, 7) is 4.40. The summed E-state index contributed by atoms with van der Waals surface area (Å²) >= 11 is 0. The number of fused-ring (bicyclic) bond motifs is 2. The van der Waals surface area contributed by atoms with Crippen molar-refractivity contribution in [1.29, 1.82) is 5.26 Å². The number of benzene rings is 4. The molecule has 0 N–H and O–H groups in total. The van der Waals surface area contributed by atoms with Crippen molar-refractivity contribution in [3.8, 4) is 29.2 Å². The molecule has 2 aliphatic heterocycles. The molecule has 4 heterocycles. The predicted molar refractivity (Wildman–Crippen MR) is 211 cm³/mol. The number of aromatic nitrogens is 4. The summed E-state index contributed by atoms with van der Waals surface area (Å²) in [5.74, 6) is 0.854. The molecule has 12 heteroatoms. The number of carbonyl (C=O) groups is 1. The van der Waals surface area contributed by atoms with Crippen LogP contribution in [-0.4, -0.2) is 87.3 Å². The number of amides is 1. The summed E-state index contributed by atoms with van der Waals surface area (Å²) in [4.78, 5) is 49.3. The first-order valence-corrected chi connectivity index (χ1v) is 18.7. The van der Waals surface area contributed by atoms with E-state index in [1.165, 1.54) is 0 Å². The highest BCUT2D eigenvalue weighted by Gasteiger charge is 2.34. The number of carbonyl (C=O) groups excluding carboxylic acids is 1. The van der Waals surface area contributed by atoms with Crippen molar-refractivity contribution in [2.45, 2.75) is 44.9 Å². The van der Waals surface area contributed by atoms with Crippen LogP contribution in [0.2, 0.25) is 0 Å². The zero-order valence-electron chi connectivity index (χ0n) is 31.0. The molecule has 2 fully saturated rings. The molecule has 55 heavy (non-hydrogen) atoms. The number of hydrogen-bond acceptors (Lipinski definition) is 10. The fraction of sp³-hybridized carbons (Fsp3) is 0.302. The highest BCUT2D eigenvalue weighted by molar-refractivity contribution is 5.95. The van der Waals surface area contributed by atoms with Gasteiger partial charge < -0.3 is 24.2 Å². The van der Waals surface area contributed by atoms with Crippen molar-refractivity contribution in [3.05, 3.63) is 119 Å².